The molecule has 1 saturated heterocycles. The number of hydrogen-bond acceptors (Lipinski definition) is 3. The number of halogens is 2. The molecule has 0 amide bonds. The Morgan fingerprint density at radius 1 is 1.21 bits per heavy atom. The van der Waals surface area contributed by atoms with E-state index < -0.39 is 23.7 Å². The molecular formula is C21H27F2NO3S. The lowest BCUT2D eigenvalue weighted by molar-refractivity contribution is -0.137. The largest absolute Gasteiger partial charge is 0.481 e. The van der Waals surface area contributed by atoms with Gasteiger partial charge in [-0.05, 0) is 37.0 Å². The van der Waals surface area contributed by atoms with Crippen LogP contribution in [-0.2, 0) is 11.2 Å². The highest BCUT2D eigenvalue weighted by Gasteiger charge is 2.25. The molecule has 1 aliphatic rings. The van der Waals surface area contributed by atoms with Gasteiger partial charge in [-0.15, -0.1) is 0 Å². The molecule has 1 aliphatic heterocycles. The lowest BCUT2D eigenvalue weighted by atomic mass is 10.1. The van der Waals surface area contributed by atoms with Crippen molar-refractivity contribution in [2.45, 2.75) is 63.5 Å². The predicted molar refractivity (Wildman–Crippen MR) is 108 cm³/mol. The first-order chi connectivity index (χ1) is 13.3. The van der Waals surface area contributed by atoms with E-state index >= 15 is 0 Å². The quantitative estimate of drug-likeness (QED) is 0.324. The zero-order valence-electron chi connectivity index (χ0n) is 15.8. The van der Waals surface area contributed by atoms with Crippen molar-refractivity contribution in [1.29, 1.82) is 0 Å². The second kappa shape index (κ2) is 11.2. The minimum atomic E-state index is -0.826. The maximum atomic E-state index is 13.2. The summed E-state index contributed by atoms with van der Waals surface area (Å²) in [5, 5.41) is 18.8. The monoisotopic (exact) mass is 411 g/mol. The summed E-state index contributed by atoms with van der Waals surface area (Å²) in [6.07, 6.45) is 8.30. The van der Waals surface area contributed by atoms with E-state index in [1.807, 2.05) is 6.08 Å². The Kier molecular flexibility index (Phi) is 8.99. The van der Waals surface area contributed by atoms with Crippen molar-refractivity contribution < 1.29 is 23.8 Å². The van der Waals surface area contributed by atoms with Crippen LogP contribution < -0.4 is 0 Å². The molecule has 2 N–H and O–H groups in total. The SMILES string of the molecule is O=C(O)CCCCCCN1C(=S)CC[C@@H]1C=C[C@@H](O)Cc1cc(F)cc(F)c1. The summed E-state index contributed by atoms with van der Waals surface area (Å²) in [6.45, 7) is 0.812. The molecule has 0 aliphatic carbocycles. The number of thiocarbonyl (C=S) groups is 1. The van der Waals surface area contributed by atoms with Gasteiger partial charge in [-0.2, -0.15) is 0 Å². The average Bonchev–Trinajstić information content (AvgIpc) is 2.95. The van der Waals surface area contributed by atoms with Crippen molar-refractivity contribution in [3.63, 3.8) is 0 Å². The minimum Gasteiger partial charge on any atom is -0.481 e. The molecule has 0 saturated carbocycles. The second-order valence-corrected chi connectivity index (χ2v) is 7.66. The zero-order valence-corrected chi connectivity index (χ0v) is 16.6. The lowest BCUT2D eigenvalue weighted by Gasteiger charge is -2.24. The van der Waals surface area contributed by atoms with E-state index in [2.05, 4.69) is 4.90 Å². The molecule has 0 bridgehead atoms. The van der Waals surface area contributed by atoms with Gasteiger partial charge in [0.25, 0.3) is 0 Å². The van der Waals surface area contributed by atoms with Crippen LogP contribution in [0.5, 0.6) is 0 Å². The summed E-state index contributed by atoms with van der Waals surface area (Å²) in [4.78, 5) is 13.6. The molecule has 0 spiro atoms. The maximum Gasteiger partial charge on any atom is 0.303 e. The highest BCUT2D eigenvalue weighted by molar-refractivity contribution is 7.80. The number of carboxylic acids is 1. The maximum absolute atomic E-state index is 13.2. The molecule has 2 atom stereocenters. The molecule has 28 heavy (non-hydrogen) atoms. The van der Waals surface area contributed by atoms with E-state index in [4.69, 9.17) is 17.3 Å². The van der Waals surface area contributed by atoms with E-state index in [-0.39, 0.29) is 18.9 Å². The van der Waals surface area contributed by atoms with Gasteiger partial charge in [-0.3, -0.25) is 4.79 Å². The van der Waals surface area contributed by atoms with Crippen LogP contribution in [0.3, 0.4) is 0 Å². The fourth-order valence-electron chi connectivity index (χ4n) is 3.45. The first kappa shape index (κ1) is 22.4. The average molecular weight is 412 g/mol. The Hall–Kier alpha value is -1.86. The third-order valence-electron chi connectivity index (χ3n) is 4.84. The Balaban J connectivity index is 1.80. The second-order valence-electron chi connectivity index (χ2n) is 7.19. The number of nitrogens with zero attached hydrogens (tertiary/aromatic N) is 1. The molecule has 1 heterocycles. The summed E-state index contributed by atoms with van der Waals surface area (Å²) in [5.74, 6) is -2.06. The van der Waals surface area contributed by atoms with E-state index in [0.29, 0.717) is 12.0 Å². The summed E-state index contributed by atoms with van der Waals surface area (Å²) >= 11 is 5.43. The van der Waals surface area contributed by atoms with Gasteiger partial charge < -0.3 is 15.1 Å². The summed E-state index contributed by atoms with van der Waals surface area (Å²) < 4.78 is 26.5. The molecule has 0 radical (unpaired) electrons. The highest BCUT2D eigenvalue weighted by atomic mass is 32.1. The van der Waals surface area contributed by atoms with Crippen LogP contribution in [0.1, 0.15) is 50.5 Å². The van der Waals surface area contributed by atoms with Gasteiger partial charge in [-0.25, -0.2) is 8.78 Å². The molecule has 2 rings (SSSR count). The topological polar surface area (TPSA) is 60.8 Å². The number of unbranched alkanes of at least 4 members (excludes halogenated alkanes) is 3. The Morgan fingerprint density at radius 2 is 1.89 bits per heavy atom. The van der Waals surface area contributed by atoms with Crippen LogP contribution in [0.25, 0.3) is 0 Å². The molecule has 7 heteroatoms. The lowest BCUT2D eigenvalue weighted by Crippen LogP contribution is -2.32. The van der Waals surface area contributed by atoms with Crippen molar-refractivity contribution in [2.75, 3.05) is 6.54 Å². The van der Waals surface area contributed by atoms with Crippen LogP contribution >= 0.6 is 12.2 Å². The number of carbonyl (C=O) groups is 1. The zero-order chi connectivity index (χ0) is 20.5. The predicted octanol–water partition coefficient (Wildman–Crippen LogP) is 4.25. The van der Waals surface area contributed by atoms with Crippen LogP contribution in [0, 0.1) is 11.6 Å². The van der Waals surface area contributed by atoms with Crippen LogP contribution in [0.2, 0.25) is 0 Å². The minimum absolute atomic E-state index is 0.116. The van der Waals surface area contributed by atoms with Gasteiger partial charge in [0.2, 0.25) is 0 Å². The third kappa shape index (κ3) is 7.64. The summed E-state index contributed by atoms with van der Waals surface area (Å²) in [7, 11) is 0. The molecular weight excluding hydrogens is 384 g/mol. The molecule has 4 nitrogen and oxygen atoms in total. The third-order valence-corrected chi connectivity index (χ3v) is 5.28. The molecule has 1 fully saturated rings. The molecule has 0 unspecified atom stereocenters. The summed E-state index contributed by atoms with van der Waals surface area (Å²) in [5.41, 5.74) is 0.412. The number of aliphatic carboxylic acids is 1. The first-order valence-corrected chi connectivity index (χ1v) is 10.1. The van der Waals surface area contributed by atoms with Crippen LogP contribution in [0.4, 0.5) is 8.78 Å². The smallest absolute Gasteiger partial charge is 0.303 e. The van der Waals surface area contributed by atoms with Crippen molar-refractivity contribution in [3.05, 3.63) is 47.5 Å². The fraction of sp³-hybridized carbons (Fsp3) is 0.524. The first-order valence-electron chi connectivity index (χ1n) is 9.68. The van der Waals surface area contributed by atoms with Gasteiger partial charge in [0.05, 0.1) is 11.1 Å². The van der Waals surface area contributed by atoms with Gasteiger partial charge in [0.1, 0.15) is 11.6 Å². The van der Waals surface area contributed by atoms with Crippen molar-refractivity contribution in [3.8, 4) is 0 Å². The number of benzene rings is 1. The van der Waals surface area contributed by atoms with Crippen molar-refractivity contribution in [2.24, 2.45) is 0 Å². The van der Waals surface area contributed by atoms with E-state index in [0.717, 1.165) is 49.7 Å². The van der Waals surface area contributed by atoms with Gasteiger partial charge in [0, 0.05) is 37.9 Å². The van der Waals surface area contributed by atoms with E-state index in [1.54, 1.807) is 6.08 Å². The van der Waals surface area contributed by atoms with E-state index in [9.17, 15) is 18.7 Å². The Labute approximate surface area is 169 Å². The van der Waals surface area contributed by atoms with Gasteiger partial charge >= 0.3 is 5.97 Å². The fourth-order valence-corrected chi connectivity index (χ4v) is 3.80. The molecule has 0 aromatic heterocycles. The summed E-state index contributed by atoms with van der Waals surface area (Å²) in [6, 6.07) is 3.37. The van der Waals surface area contributed by atoms with Crippen molar-refractivity contribution >= 4 is 23.2 Å². The number of carboxylic acid groups (broad SMARTS) is 1. The van der Waals surface area contributed by atoms with Gasteiger partial charge in [0.15, 0.2) is 0 Å². The molecule has 1 aromatic carbocycles. The normalized spacial score (nSPS) is 18.2. The number of aliphatic hydroxyl groups is 1. The molecule has 1 aromatic rings. The molecule has 154 valence electrons. The Bertz CT molecular complexity index is 691. The Morgan fingerprint density at radius 3 is 2.57 bits per heavy atom. The van der Waals surface area contributed by atoms with Crippen molar-refractivity contribution in [1.82, 2.24) is 4.90 Å². The van der Waals surface area contributed by atoms with Crippen LogP contribution in [0.15, 0.2) is 30.4 Å². The number of aliphatic hydroxyl groups excluding tert-OH is 1. The van der Waals surface area contributed by atoms with Gasteiger partial charge in [-0.1, -0.05) is 37.2 Å². The van der Waals surface area contributed by atoms with Crippen LogP contribution in [-0.4, -0.2) is 44.8 Å². The van der Waals surface area contributed by atoms with E-state index in [1.165, 1.54) is 12.1 Å². The number of likely N-dealkylation sites (tertiary alicyclic amines) is 1. The number of rotatable bonds is 11. The number of hydrogen-bond donors (Lipinski definition) is 2. The highest BCUT2D eigenvalue weighted by Crippen LogP contribution is 2.22. The standard InChI is InChI=1S/C21H27F2NO3S/c22-16-11-15(12-17(23)14-16)13-19(25)8-6-18-7-9-20(28)24(18)10-4-2-1-3-5-21(26)27/h6,8,11-12,14,18-19,25H,1-5,7,9-10,13H2,(H,26,27)/t18-,19+/m0/s1.